The topological polar surface area (TPSA) is 30.5 Å². The van der Waals surface area contributed by atoms with E-state index in [1.165, 1.54) is 0 Å². The summed E-state index contributed by atoms with van der Waals surface area (Å²) in [4.78, 5) is 0. The summed E-state index contributed by atoms with van der Waals surface area (Å²) in [6.07, 6.45) is 1.09. The molecule has 1 aliphatic heterocycles. The molecular weight excluding hydrogens is 286 g/mol. The third kappa shape index (κ3) is 4.13. The van der Waals surface area contributed by atoms with Gasteiger partial charge in [0.25, 0.3) is 0 Å². The monoisotopic (exact) mass is 303 g/mol. The highest BCUT2D eigenvalue weighted by atomic mass is 35.5. The minimum absolute atomic E-state index is 0.699. The van der Waals surface area contributed by atoms with Gasteiger partial charge in [0, 0.05) is 11.1 Å². The maximum absolute atomic E-state index is 5.86. The summed E-state index contributed by atoms with van der Waals surface area (Å²) < 4.78 is 11.6. The number of hydrogen-bond acceptors (Lipinski definition) is 3. The average molecular weight is 304 g/mol. The van der Waals surface area contributed by atoms with E-state index in [-0.39, 0.29) is 0 Å². The van der Waals surface area contributed by atoms with Gasteiger partial charge in [0.2, 0.25) is 0 Å². The van der Waals surface area contributed by atoms with E-state index in [2.05, 4.69) is 5.32 Å². The predicted molar refractivity (Wildman–Crippen MR) is 84.4 cm³/mol. The lowest BCUT2D eigenvalue weighted by atomic mass is 10.0. The van der Waals surface area contributed by atoms with Crippen molar-refractivity contribution < 1.29 is 9.47 Å². The van der Waals surface area contributed by atoms with E-state index in [1.54, 1.807) is 0 Å². The van der Waals surface area contributed by atoms with Crippen LogP contribution >= 0.6 is 11.6 Å². The van der Waals surface area contributed by atoms with Crippen LogP contribution in [0.1, 0.15) is 6.42 Å². The molecule has 1 fully saturated rings. The molecule has 3 nitrogen and oxygen atoms in total. The highest BCUT2D eigenvalue weighted by Gasteiger charge is 2.16. The second kappa shape index (κ2) is 6.83. The van der Waals surface area contributed by atoms with Gasteiger partial charge in [-0.3, -0.25) is 0 Å². The van der Waals surface area contributed by atoms with Crippen molar-refractivity contribution in [3.63, 3.8) is 0 Å². The summed E-state index contributed by atoms with van der Waals surface area (Å²) >= 11 is 5.86. The van der Waals surface area contributed by atoms with Gasteiger partial charge in [-0.2, -0.15) is 0 Å². The lowest BCUT2D eigenvalue weighted by molar-refractivity contribution is 0.238. The lowest BCUT2D eigenvalue weighted by Crippen LogP contribution is -2.42. The van der Waals surface area contributed by atoms with Crippen LogP contribution < -0.4 is 14.8 Å². The number of ether oxygens (including phenoxy) is 2. The van der Waals surface area contributed by atoms with E-state index in [9.17, 15) is 0 Å². The molecule has 0 amide bonds. The van der Waals surface area contributed by atoms with Gasteiger partial charge in [0.1, 0.15) is 17.2 Å². The molecule has 0 bridgehead atoms. The van der Waals surface area contributed by atoms with Gasteiger partial charge in [-0.05, 0) is 61.8 Å². The molecule has 110 valence electrons. The first-order valence-corrected chi connectivity index (χ1v) is 7.54. The number of benzene rings is 2. The molecule has 1 aliphatic rings. The largest absolute Gasteiger partial charge is 0.493 e. The van der Waals surface area contributed by atoms with Crippen LogP contribution in [-0.2, 0) is 0 Å². The van der Waals surface area contributed by atoms with Gasteiger partial charge >= 0.3 is 0 Å². The fourth-order valence-electron chi connectivity index (χ4n) is 2.16. The van der Waals surface area contributed by atoms with E-state index >= 15 is 0 Å². The van der Waals surface area contributed by atoms with Crippen molar-refractivity contribution in [3.8, 4) is 17.2 Å². The molecule has 21 heavy (non-hydrogen) atoms. The van der Waals surface area contributed by atoms with E-state index in [1.807, 2.05) is 48.5 Å². The Hall–Kier alpha value is -1.71. The minimum atomic E-state index is 0.699. The Labute approximate surface area is 129 Å². The zero-order valence-corrected chi connectivity index (χ0v) is 12.5. The second-order valence-corrected chi connectivity index (χ2v) is 5.63. The fourth-order valence-corrected chi connectivity index (χ4v) is 2.29. The molecule has 0 spiro atoms. The second-order valence-electron chi connectivity index (χ2n) is 5.19. The number of hydrogen-bond donors (Lipinski definition) is 1. The Morgan fingerprint density at radius 2 is 1.76 bits per heavy atom. The molecule has 0 saturated carbocycles. The standard InChI is InChI=1S/C17H18ClNO2/c18-14-4-6-15(7-5-14)21-17-3-1-2-16(10-17)20-9-8-13-11-19-12-13/h1-7,10,13,19H,8-9,11-12H2. The van der Waals surface area contributed by atoms with Gasteiger partial charge in [0.15, 0.2) is 0 Å². The molecule has 0 aliphatic carbocycles. The summed E-state index contributed by atoms with van der Waals surface area (Å²) in [5.74, 6) is 3.13. The smallest absolute Gasteiger partial charge is 0.131 e. The summed E-state index contributed by atoms with van der Waals surface area (Å²) in [6, 6.07) is 15.0. The van der Waals surface area contributed by atoms with Crippen LogP contribution in [0.5, 0.6) is 17.2 Å². The van der Waals surface area contributed by atoms with E-state index in [0.717, 1.165) is 49.3 Å². The number of halogens is 1. The highest BCUT2D eigenvalue weighted by molar-refractivity contribution is 6.30. The van der Waals surface area contributed by atoms with Crippen LogP contribution in [0.4, 0.5) is 0 Å². The quantitative estimate of drug-likeness (QED) is 0.870. The van der Waals surface area contributed by atoms with E-state index in [0.29, 0.717) is 5.02 Å². The van der Waals surface area contributed by atoms with Crippen LogP contribution in [0, 0.1) is 5.92 Å². The van der Waals surface area contributed by atoms with Crippen molar-refractivity contribution in [3.05, 3.63) is 53.6 Å². The molecular formula is C17H18ClNO2. The lowest BCUT2D eigenvalue weighted by Gasteiger charge is -2.26. The third-order valence-corrected chi connectivity index (χ3v) is 3.77. The van der Waals surface area contributed by atoms with Gasteiger partial charge in [-0.25, -0.2) is 0 Å². The van der Waals surface area contributed by atoms with Crippen molar-refractivity contribution in [2.45, 2.75) is 6.42 Å². The summed E-state index contributed by atoms with van der Waals surface area (Å²) in [6.45, 7) is 2.98. The molecule has 1 saturated heterocycles. The van der Waals surface area contributed by atoms with Crippen LogP contribution in [0.2, 0.25) is 5.02 Å². The van der Waals surface area contributed by atoms with Crippen LogP contribution in [0.3, 0.4) is 0 Å². The Morgan fingerprint density at radius 1 is 1.00 bits per heavy atom. The molecule has 4 heteroatoms. The van der Waals surface area contributed by atoms with Gasteiger partial charge in [-0.1, -0.05) is 17.7 Å². The highest BCUT2D eigenvalue weighted by Crippen LogP contribution is 2.26. The SMILES string of the molecule is Clc1ccc(Oc2cccc(OCCC3CNC3)c2)cc1. The zero-order valence-electron chi connectivity index (χ0n) is 11.7. The first-order valence-electron chi connectivity index (χ1n) is 7.16. The fraction of sp³-hybridized carbons (Fsp3) is 0.294. The van der Waals surface area contributed by atoms with Crippen molar-refractivity contribution in [2.24, 2.45) is 5.92 Å². The molecule has 2 aromatic carbocycles. The summed E-state index contributed by atoms with van der Waals surface area (Å²) in [7, 11) is 0. The zero-order chi connectivity index (χ0) is 14.5. The molecule has 0 radical (unpaired) electrons. The minimum Gasteiger partial charge on any atom is -0.493 e. The average Bonchev–Trinajstić information content (AvgIpc) is 2.45. The molecule has 3 rings (SSSR count). The van der Waals surface area contributed by atoms with E-state index < -0.39 is 0 Å². The first-order chi connectivity index (χ1) is 10.3. The normalized spacial score (nSPS) is 14.5. The Balaban J connectivity index is 1.55. The molecule has 0 atom stereocenters. The maximum atomic E-state index is 5.86. The van der Waals surface area contributed by atoms with Crippen LogP contribution in [0.15, 0.2) is 48.5 Å². The Kier molecular flexibility index (Phi) is 4.63. The Bertz CT molecular complexity index is 582. The maximum Gasteiger partial charge on any atom is 0.131 e. The van der Waals surface area contributed by atoms with Crippen molar-refractivity contribution in [1.29, 1.82) is 0 Å². The first kappa shape index (κ1) is 14.2. The van der Waals surface area contributed by atoms with Gasteiger partial charge in [-0.15, -0.1) is 0 Å². The summed E-state index contributed by atoms with van der Waals surface area (Å²) in [5.41, 5.74) is 0. The third-order valence-electron chi connectivity index (χ3n) is 3.52. The summed E-state index contributed by atoms with van der Waals surface area (Å²) in [5, 5.41) is 3.96. The molecule has 1 heterocycles. The van der Waals surface area contributed by atoms with Crippen molar-refractivity contribution in [2.75, 3.05) is 19.7 Å². The number of nitrogens with one attached hydrogen (secondary N) is 1. The van der Waals surface area contributed by atoms with Crippen molar-refractivity contribution >= 4 is 11.6 Å². The van der Waals surface area contributed by atoms with Gasteiger partial charge < -0.3 is 14.8 Å². The number of rotatable bonds is 6. The van der Waals surface area contributed by atoms with Crippen LogP contribution in [0.25, 0.3) is 0 Å². The molecule has 0 unspecified atom stereocenters. The molecule has 1 N–H and O–H groups in total. The molecule has 2 aromatic rings. The van der Waals surface area contributed by atoms with Gasteiger partial charge in [0.05, 0.1) is 6.61 Å². The predicted octanol–water partition coefficient (Wildman–Crippen LogP) is 4.12. The van der Waals surface area contributed by atoms with Crippen molar-refractivity contribution in [1.82, 2.24) is 5.32 Å². The Morgan fingerprint density at radius 3 is 2.48 bits per heavy atom. The van der Waals surface area contributed by atoms with Crippen LogP contribution in [-0.4, -0.2) is 19.7 Å². The van der Waals surface area contributed by atoms with E-state index in [4.69, 9.17) is 21.1 Å². The molecule has 0 aromatic heterocycles.